The first-order valence-corrected chi connectivity index (χ1v) is 8.66. The van der Waals surface area contributed by atoms with Gasteiger partial charge in [-0.05, 0) is 44.4 Å². The third-order valence-corrected chi connectivity index (χ3v) is 5.22. The lowest BCUT2D eigenvalue weighted by molar-refractivity contribution is -0.130. The van der Waals surface area contributed by atoms with E-state index >= 15 is 0 Å². The number of carbonyl (C=O) groups excluding carboxylic acids is 1. The van der Waals surface area contributed by atoms with Crippen molar-refractivity contribution in [3.05, 3.63) is 35.8 Å². The van der Waals surface area contributed by atoms with Gasteiger partial charge in [0, 0.05) is 38.1 Å². The molecule has 2 aromatic heterocycles. The van der Waals surface area contributed by atoms with Gasteiger partial charge < -0.3 is 9.30 Å². The predicted octanol–water partition coefficient (Wildman–Crippen LogP) is 1.88. The molecule has 5 nitrogen and oxygen atoms in total. The van der Waals surface area contributed by atoms with Crippen molar-refractivity contribution in [3.8, 4) is 0 Å². The summed E-state index contributed by atoms with van der Waals surface area (Å²) in [7, 11) is 0. The minimum absolute atomic E-state index is 0.222. The maximum Gasteiger partial charge on any atom is 0.228 e. The molecule has 1 atom stereocenters. The van der Waals surface area contributed by atoms with Gasteiger partial charge in [0.05, 0.1) is 12.1 Å². The average Bonchev–Trinajstić information content (AvgIpc) is 3.09. The van der Waals surface area contributed by atoms with Crippen LogP contribution < -0.4 is 0 Å². The van der Waals surface area contributed by atoms with E-state index in [1.165, 1.54) is 19.4 Å². The van der Waals surface area contributed by atoms with E-state index in [1.54, 1.807) is 0 Å². The van der Waals surface area contributed by atoms with E-state index in [-0.39, 0.29) is 5.91 Å². The molecule has 0 unspecified atom stereocenters. The fourth-order valence-corrected chi connectivity index (χ4v) is 3.99. The van der Waals surface area contributed by atoms with Gasteiger partial charge in [0.1, 0.15) is 5.65 Å². The number of hydrogen-bond acceptors (Lipinski definition) is 3. The summed E-state index contributed by atoms with van der Waals surface area (Å²) >= 11 is 0. The van der Waals surface area contributed by atoms with Gasteiger partial charge >= 0.3 is 0 Å². The molecule has 0 saturated carbocycles. The van der Waals surface area contributed by atoms with Crippen molar-refractivity contribution in [1.82, 2.24) is 19.2 Å². The van der Waals surface area contributed by atoms with Crippen LogP contribution in [-0.2, 0) is 11.2 Å². The summed E-state index contributed by atoms with van der Waals surface area (Å²) in [4.78, 5) is 22.0. The first-order chi connectivity index (χ1) is 11.2. The molecule has 23 heavy (non-hydrogen) atoms. The van der Waals surface area contributed by atoms with Crippen LogP contribution >= 0.6 is 0 Å². The predicted molar refractivity (Wildman–Crippen MR) is 89.4 cm³/mol. The maximum atomic E-state index is 12.7. The maximum absolute atomic E-state index is 12.7. The van der Waals surface area contributed by atoms with Crippen LogP contribution in [0.1, 0.15) is 30.5 Å². The second-order valence-corrected chi connectivity index (χ2v) is 6.86. The molecule has 122 valence electrons. The summed E-state index contributed by atoms with van der Waals surface area (Å²) in [5, 5.41) is 0. The summed E-state index contributed by atoms with van der Waals surface area (Å²) in [6.45, 7) is 6.18. The monoisotopic (exact) mass is 312 g/mol. The number of imidazole rings is 1. The first-order valence-electron chi connectivity index (χ1n) is 8.66. The zero-order chi connectivity index (χ0) is 15.8. The fraction of sp³-hybridized carbons (Fsp3) is 0.556. The van der Waals surface area contributed by atoms with Crippen LogP contribution in [0.3, 0.4) is 0 Å². The van der Waals surface area contributed by atoms with E-state index < -0.39 is 0 Å². The molecule has 0 spiro atoms. The number of carbonyl (C=O) groups is 1. The van der Waals surface area contributed by atoms with Crippen LogP contribution in [0.2, 0.25) is 0 Å². The number of amides is 1. The van der Waals surface area contributed by atoms with Crippen molar-refractivity contribution in [2.45, 2.75) is 38.6 Å². The lowest BCUT2D eigenvalue weighted by Crippen LogP contribution is -2.40. The number of aryl methyl sites for hydroxylation is 1. The number of nitrogens with zero attached hydrogens (tertiary/aromatic N) is 4. The third kappa shape index (κ3) is 2.85. The molecule has 4 heterocycles. The van der Waals surface area contributed by atoms with E-state index in [2.05, 4.69) is 27.8 Å². The second kappa shape index (κ2) is 5.96. The summed E-state index contributed by atoms with van der Waals surface area (Å²) in [6.07, 6.45) is 7.99. The molecule has 0 aliphatic carbocycles. The molecular weight excluding hydrogens is 288 g/mol. The fourth-order valence-electron chi connectivity index (χ4n) is 3.99. The van der Waals surface area contributed by atoms with Crippen LogP contribution in [0, 0.1) is 6.92 Å². The van der Waals surface area contributed by atoms with Crippen molar-refractivity contribution in [2.24, 2.45) is 0 Å². The Hall–Kier alpha value is -1.88. The van der Waals surface area contributed by atoms with Crippen molar-refractivity contribution < 1.29 is 4.79 Å². The molecule has 2 fully saturated rings. The standard InChI is InChI=1S/C18H24N4O/c1-14-5-2-8-22-12-15(19-18(14)22)11-17(23)21-10-4-9-20-7-3-6-16(20)13-21/h2,5,8,12,16H,3-4,6-7,9-11,13H2,1H3/t16-/m0/s1. The van der Waals surface area contributed by atoms with Gasteiger partial charge in [0.25, 0.3) is 0 Å². The molecule has 4 rings (SSSR count). The Morgan fingerprint density at radius 1 is 1.30 bits per heavy atom. The SMILES string of the molecule is Cc1cccn2cc(CC(=O)N3CCCN4CCC[C@H]4C3)nc12. The second-order valence-electron chi connectivity index (χ2n) is 6.86. The van der Waals surface area contributed by atoms with Gasteiger partial charge in [-0.15, -0.1) is 0 Å². The quantitative estimate of drug-likeness (QED) is 0.850. The van der Waals surface area contributed by atoms with E-state index in [4.69, 9.17) is 0 Å². The smallest absolute Gasteiger partial charge is 0.228 e. The summed E-state index contributed by atoms with van der Waals surface area (Å²) in [5.41, 5.74) is 2.97. The Labute approximate surface area is 136 Å². The number of rotatable bonds is 2. The summed E-state index contributed by atoms with van der Waals surface area (Å²) in [5.74, 6) is 0.222. The number of fused-ring (bicyclic) bond motifs is 2. The van der Waals surface area contributed by atoms with Crippen LogP contribution in [-0.4, -0.2) is 57.3 Å². The zero-order valence-corrected chi connectivity index (χ0v) is 13.7. The van der Waals surface area contributed by atoms with Gasteiger partial charge in [0.2, 0.25) is 5.91 Å². The highest BCUT2D eigenvalue weighted by molar-refractivity contribution is 5.78. The number of aromatic nitrogens is 2. The van der Waals surface area contributed by atoms with Gasteiger partial charge in [-0.25, -0.2) is 4.98 Å². The topological polar surface area (TPSA) is 40.9 Å². The van der Waals surface area contributed by atoms with Crippen molar-refractivity contribution in [1.29, 1.82) is 0 Å². The minimum Gasteiger partial charge on any atom is -0.341 e. The Morgan fingerprint density at radius 2 is 2.17 bits per heavy atom. The first kappa shape index (κ1) is 14.7. The molecule has 2 aliphatic heterocycles. The molecule has 0 bridgehead atoms. The van der Waals surface area contributed by atoms with Crippen LogP contribution in [0.5, 0.6) is 0 Å². The molecule has 5 heteroatoms. The largest absolute Gasteiger partial charge is 0.341 e. The molecule has 0 aromatic carbocycles. The summed E-state index contributed by atoms with van der Waals surface area (Å²) in [6, 6.07) is 4.64. The minimum atomic E-state index is 0.222. The van der Waals surface area contributed by atoms with Crippen LogP contribution in [0.25, 0.3) is 5.65 Å². The molecule has 2 aliphatic rings. The van der Waals surface area contributed by atoms with Gasteiger partial charge in [-0.2, -0.15) is 0 Å². The van der Waals surface area contributed by atoms with E-state index in [0.29, 0.717) is 12.5 Å². The molecule has 2 saturated heterocycles. The normalized spacial score (nSPS) is 22.3. The third-order valence-electron chi connectivity index (χ3n) is 5.22. The number of pyridine rings is 1. The highest BCUT2D eigenvalue weighted by Crippen LogP contribution is 2.22. The van der Waals surface area contributed by atoms with Gasteiger partial charge in [0.15, 0.2) is 0 Å². The summed E-state index contributed by atoms with van der Waals surface area (Å²) < 4.78 is 2.01. The van der Waals surface area contributed by atoms with Crippen molar-refractivity contribution in [2.75, 3.05) is 26.2 Å². The Morgan fingerprint density at radius 3 is 3.04 bits per heavy atom. The lowest BCUT2D eigenvalue weighted by atomic mass is 10.2. The van der Waals surface area contributed by atoms with Gasteiger partial charge in [-0.1, -0.05) is 6.07 Å². The number of hydrogen-bond donors (Lipinski definition) is 0. The average molecular weight is 312 g/mol. The molecule has 0 radical (unpaired) electrons. The van der Waals surface area contributed by atoms with Crippen LogP contribution in [0.4, 0.5) is 0 Å². The van der Waals surface area contributed by atoms with Crippen molar-refractivity contribution >= 4 is 11.6 Å². The Kier molecular flexibility index (Phi) is 3.81. The van der Waals surface area contributed by atoms with Crippen molar-refractivity contribution in [3.63, 3.8) is 0 Å². The van der Waals surface area contributed by atoms with Crippen LogP contribution in [0.15, 0.2) is 24.5 Å². The molecule has 2 aromatic rings. The highest BCUT2D eigenvalue weighted by Gasteiger charge is 2.30. The molecule has 0 N–H and O–H groups in total. The zero-order valence-electron chi connectivity index (χ0n) is 13.7. The van der Waals surface area contributed by atoms with E-state index in [1.807, 2.05) is 22.9 Å². The molecule has 1 amide bonds. The van der Waals surface area contributed by atoms with Gasteiger partial charge in [-0.3, -0.25) is 9.69 Å². The van der Waals surface area contributed by atoms with E-state index in [9.17, 15) is 4.79 Å². The molecular formula is C18H24N4O. The lowest BCUT2D eigenvalue weighted by Gasteiger charge is -2.25. The Bertz CT molecular complexity index is 723. The Balaban J connectivity index is 1.48. The highest BCUT2D eigenvalue weighted by atomic mass is 16.2. The van der Waals surface area contributed by atoms with E-state index in [0.717, 1.165) is 43.0 Å².